The van der Waals surface area contributed by atoms with Gasteiger partial charge in [-0.25, -0.2) is 0 Å². The molecule has 1 amide bonds. The summed E-state index contributed by atoms with van der Waals surface area (Å²) in [6.45, 7) is 4.11. The minimum atomic E-state index is -0.226. The monoisotopic (exact) mass is 381 g/mol. The summed E-state index contributed by atoms with van der Waals surface area (Å²) in [5, 5.41) is 2.79. The Kier molecular flexibility index (Phi) is 7.16. The Morgan fingerprint density at radius 3 is 2.74 bits per heavy atom. The average Bonchev–Trinajstić information content (AvgIpc) is 3.03. The van der Waals surface area contributed by atoms with Crippen molar-refractivity contribution in [3.63, 3.8) is 0 Å². The van der Waals surface area contributed by atoms with Gasteiger partial charge in [0.15, 0.2) is 5.76 Å². The van der Waals surface area contributed by atoms with Crippen molar-refractivity contribution in [3.05, 3.63) is 52.4 Å². The summed E-state index contributed by atoms with van der Waals surface area (Å²) in [5.41, 5.74) is 0. The van der Waals surface area contributed by atoms with Crippen LogP contribution < -0.4 is 10.1 Å². The predicted octanol–water partition coefficient (Wildman–Crippen LogP) is 3.78. The van der Waals surface area contributed by atoms with Crippen molar-refractivity contribution in [2.24, 2.45) is 0 Å². The number of furan rings is 1. The molecule has 1 aromatic carbocycles. The van der Waals surface area contributed by atoms with Crippen LogP contribution in [-0.4, -0.2) is 25.7 Å². The average molecular weight is 382 g/mol. The van der Waals surface area contributed by atoms with Crippen LogP contribution >= 0.6 is 15.9 Å². The first-order valence-corrected chi connectivity index (χ1v) is 8.31. The van der Waals surface area contributed by atoms with Crippen molar-refractivity contribution < 1.29 is 18.7 Å². The topological polar surface area (TPSA) is 60.7 Å². The number of carbonyl (C=O) groups excluding carboxylic acids is 1. The Morgan fingerprint density at radius 2 is 2.00 bits per heavy atom. The van der Waals surface area contributed by atoms with Gasteiger partial charge in [-0.15, -0.1) is 0 Å². The molecule has 0 aliphatic carbocycles. The van der Waals surface area contributed by atoms with Crippen molar-refractivity contribution in [3.8, 4) is 5.75 Å². The first-order valence-electron chi connectivity index (χ1n) is 7.52. The second kappa shape index (κ2) is 9.37. The second-order valence-electron chi connectivity index (χ2n) is 4.81. The predicted molar refractivity (Wildman–Crippen MR) is 90.6 cm³/mol. The van der Waals surface area contributed by atoms with Gasteiger partial charge in [-0.05, 0) is 49.7 Å². The van der Waals surface area contributed by atoms with Gasteiger partial charge in [-0.1, -0.05) is 15.9 Å². The highest BCUT2D eigenvalue weighted by atomic mass is 79.9. The SMILES string of the molecule is CCOCCCNC(=O)c1ccc(COc2ccc(Br)cc2)o1. The smallest absolute Gasteiger partial charge is 0.286 e. The molecule has 0 fully saturated rings. The third-order valence-electron chi connectivity index (χ3n) is 3.04. The van der Waals surface area contributed by atoms with Crippen LogP contribution in [0.5, 0.6) is 5.75 Å². The van der Waals surface area contributed by atoms with Gasteiger partial charge in [0.2, 0.25) is 0 Å². The quantitative estimate of drug-likeness (QED) is 0.671. The molecule has 23 heavy (non-hydrogen) atoms. The van der Waals surface area contributed by atoms with Crippen LogP contribution in [0.2, 0.25) is 0 Å². The van der Waals surface area contributed by atoms with E-state index in [0.717, 1.165) is 16.6 Å². The Balaban J connectivity index is 1.76. The molecule has 0 aliphatic rings. The lowest BCUT2D eigenvalue weighted by Crippen LogP contribution is -2.24. The third-order valence-corrected chi connectivity index (χ3v) is 3.56. The number of carbonyl (C=O) groups is 1. The number of nitrogens with one attached hydrogen (secondary N) is 1. The third kappa shape index (κ3) is 6.08. The van der Waals surface area contributed by atoms with E-state index < -0.39 is 0 Å². The van der Waals surface area contributed by atoms with Crippen LogP contribution in [0.3, 0.4) is 0 Å². The van der Waals surface area contributed by atoms with Crippen molar-refractivity contribution in [2.75, 3.05) is 19.8 Å². The van der Waals surface area contributed by atoms with Gasteiger partial charge in [0, 0.05) is 24.2 Å². The van der Waals surface area contributed by atoms with Crippen molar-refractivity contribution >= 4 is 21.8 Å². The summed E-state index contributed by atoms with van der Waals surface area (Å²) in [7, 11) is 0. The number of rotatable bonds is 9. The zero-order chi connectivity index (χ0) is 16.5. The van der Waals surface area contributed by atoms with Crippen LogP contribution in [0.1, 0.15) is 29.7 Å². The summed E-state index contributed by atoms with van der Waals surface area (Å²) in [6, 6.07) is 10.9. The van der Waals surface area contributed by atoms with Gasteiger partial charge < -0.3 is 19.2 Å². The first kappa shape index (κ1) is 17.6. The minimum Gasteiger partial charge on any atom is -0.486 e. The Hall–Kier alpha value is -1.79. The highest BCUT2D eigenvalue weighted by molar-refractivity contribution is 9.10. The molecule has 2 rings (SSSR count). The molecule has 1 aromatic heterocycles. The van der Waals surface area contributed by atoms with E-state index >= 15 is 0 Å². The number of halogens is 1. The highest BCUT2D eigenvalue weighted by Crippen LogP contribution is 2.18. The van der Waals surface area contributed by atoms with Crippen LogP contribution in [0.4, 0.5) is 0 Å². The fraction of sp³-hybridized carbons (Fsp3) is 0.353. The fourth-order valence-electron chi connectivity index (χ4n) is 1.87. The zero-order valence-corrected chi connectivity index (χ0v) is 14.6. The van der Waals surface area contributed by atoms with Crippen LogP contribution in [-0.2, 0) is 11.3 Å². The van der Waals surface area contributed by atoms with Gasteiger partial charge in [-0.2, -0.15) is 0 Å². The molecule has 0 bridgehead atoms. The maximum absolute atomic E-state index is 11.9. The molecular weight excluding hydrogens is 362 g/mol. The van der Waals surface area contributed by atoms with E-state index in [4.69, 9.17) is 13.9 Å². The summed E-state index contributed by atoms with van der Waals surface area (Å²) in [6.07, 6.45) is 0.778. The summed E-state index contributed by atoms with van der Waals surface area (Å²) < 4.78 is 17.3. The highest BCUT2D eigenvalue weighted by Gasteiger charge is 2.11. The van der Waals surface area contributed by atoms with E-state index in [1.54, 1.807) is 12.1 Å². The van der Waals surface area contributed by atoms with E-state index in [9.17, 15) is 4.79 Å². The molecule has 0 saturated heterocycles. The van der Waals surface area contributed by atoms with Crippen molar-refractivity contribution in [2.45, 2.75) is 20.0 Å². The minimum absolute atomic E-state index is 0.226. The van der Waals surface area contributed by atoms with Gasteiger partial charge >= 0.3 is 0 Å². The molecular formula is C17H20BrNO4. The van der Waals surface area contributed by atoms with Crippen molar-refractivity contribution in [1.82, 2.24) is 5.32 Å². The summed E-state index contributed by atoms with van der Waals surface area (Å²) in [4.78, 5) is 11.9. The molecule has 2 aromatic rings. The lowest BCUT2D eigenvalue weighted by atomic mass is 10.3. The Bertz CT molecular complexity index is 609. The van der Waals surface area contributed by atoms with E-state index in [1.165, 1.54) is 0 Å². The molecule has 0 radical (unpaired) electrons. The lowest BCUT2D eigenvalue weighted by molar-refractivity contribution is 0.0913. The number of ether oxygens (including phenoxy) is 2. The van der Waals surface area contributed by atoms with Crippen LogP contribution in [0, 0.1) is 0 Å². The molecule has 0 atom stereocenters. The van der Waals surface area contributed by atoms with Crippen LogP contribution in [0.25, 0.3) is 0 Å². The first-order chi connectivity index (χ1) is 11.2. The van der Waals surface area contributed by atoms with E-state index in [0.29, 0.717) is 25.5 Å². The van der Waals surface area contributed by atoms with E-state index in [-0.39, 0.29) is 18.3 Å². The van der Waals surface area contributed by atoms with Gasteiger partial charge in [-0.3, -0.25) is 4.79 Å². The largest absolute Gasteiger partial charge is 0.486 e. The lowest BCUT2D eigenvalue weighted by Gasteiger charge is -2.04. The molecule has 124 valence electrons. The molecule has 0 spiro atoms. The van der Waals surface area contributed by atoms with Gasteiger partial charge in [0.05, 0.1) is 0 Å². The molecule has 0 aliphatic heterocycles. The van der Waals surface area contributed by atoms with Gasteiger partial charge in [0.1, 0.15) is 18.1 Å². The molecule has 0 saturated carbocycles. The normalized spacial score (nSPS) is 10.5. The maximum Gasteiger partial charge on any atom is 0.286 e. The zero-order valence-electron chi connectivity index (χ0n) is 13.0. The Morgan fingerprint density at radius 1 is 1.22 bits per heavy atom. The molecule has 0 unspecified atom stereocenters. The number of benzene rings is 1. The second-order valence-corrected chi connectivity index (χ2v) is 5.73. The molecule has 1 heterocycles. The number of hydrogen-bond donors (Lipinski definition) is 1. The van der Waals surface area contributed by atoms with Crippen LogP contribution in [0.15, 0.2) is 45.3 Å². The molecule has 5 nitrogen and oxygen atoms in total. The van der Waals surface area contributed by atoms with Crippen molar-refractivity contribution in [1.29, 1.82) is 0 Å². The maximum atomic E-state index is 11.9. The van der Waals surface area contributed by atoms with E-state index in [2.05, 4.69) is 21.2 Å². The summed E-state index contributed by atoms with van der Waals surface area (Å²) >= 11 is 3.37. The van der Waals surface area contributed by atoms with Gasteiger partial charge in [0.25, 0.3) is 5.91 Å². The number of amides is 1. The summed E-state index contributed by atoms with van der Waals surface area (Å²) in [5.74, 6) is 1.41. The van der Waals surface area contributed by atoms with E-state index in [1.807, 2.05) is 31.2 Å². The fourth-order valence-corrected chi connectivity index (χ4v) is 2.13. The molecule has 1 N–H and O–H groups in total. The molecule has 6 heteroatoms. The standard InChI is InChI=1S/C17H20BrNO4/c1-2-21-11-3-10-19-17(20)16-9-8-15(23-16)12-22-14-6-4-13(18)5-7-14/h4-9H,2-3,10-12H2,1H3,(H,19,20). The number of hydrogen-bond acceptors (Lipinski definition) is 4. The Labute approximate surface area is 144 Å².